The van der Waals surface area contributed by atoms with E-state index in [1.165, 1.54) is 0 Å². The number of hydrogen-bond acceptors (Lipinski definition) is 7. The molecule has 1 atom stereocenters. The van der Waals surface area contributed by atoms with Crippen molar-refractivity contribution < 1.29 is 42.2 Å². The van der Waals surface area contributed by atoms with Crippen molar-refractivity contribution in [3.05, 3.63) is 0 Å². The second-order valence-corrected chi connectivity index (χ2v) is 11.4. The van der Waals surface area contributed by atoms with Crippen molar-refractivity contribution >= 4 is 31.5 Å². The fourth-order valence-corrected chi connectivity index (χ4v) is 3.66. The Morgan fingerprint density at radius 2 is 1.11 bits per heavy atom. The molecule has 222 valence electrons. The Bertz CT molecular complexity index is 761. The number of quaternary nitrogens is 1. The maximum absolute atomic E-state index is 11.9. The van der Waals surface area contributed by atoms with Crippen LogP contribution >= 0.6 is 7.82 Å². The molecule has 0 aromatic rings. The van der Waals surface area contributed by atoms with E-state index in [2.05, 4.69) is 21.3 Å². The molecule has 0 aliphatic heterocycles. The van der Waals surface area contributed by atoms with Crippen molar-refractivity contribution in [2.75, 3.05) is 67.1 Å². The highest BCUT2D eigenvalue weighted by molar-refractivity contribution is 7.47. The molecule has 38 heavy (non-hydrogen) atoms. The van der Waals surface area contributed by atoms with Crippen LogP contribution in [0, 0.1) is 0 Å². The summed E-state index contributed by atoms with van der Waals surface area (Å²) in [5, 5.41) is 10.7. The Kier molecular flexibility index (Phi) is 19.7. The lowest BCUT2D eigenvalue weighted by atomic mass is 10.2. The average Bonchev–Trinajstić information content (AvgIpc) is 2.80. The first kappa shape index (κ1) is 35.9. The van der Waals surface area contributed by atoms with Gasteiger partial charge in [-0.25, -0.2) is 4.57 Å². The molecule has 0 aromatic carbocycles. The molecule has 5 N–H and O–H groups in total. The highest BCUT2D eigenvalue weighted by atomic mass is 31.2. The molecule has 0 rings (SSSR count). The van der Waals surface area contributed by atoms with Gasteiger partial charge in [0.15, 0.2) is 0 Å². The van der Waals surface area contributed by atoms with Crippen molar-refractivity contribution in [2.24, 2.45) is 0 Å². The smallest absolute Gasteiger partial charge is 0.356 e. The van der Waals surface area contributed by atoms with E-state index < -0.39 is 7.82 Å². The summed E-state index contributed by atoms with van der Waals surface area (Å²) in [6.45, 7) is 4.03. The lowest BCUT2D eigenvalue weighted by Crippen LogP contribution is -2.37. The van der Waals surface area contributed by atoms with E-state index in [9.17, 15) is 28.6 Å². The molecule has 0 aliphatic rings. The molecule has 0 saturated heterocycles. The highest BCUT2D eigenvalue weighted by Gasteiger charge is 2.22. The van der Waals surface area contributed by atoms with Crippen LogP contribution in [0.25, 0.3) is 0 Å². The van der Waals surface area contributed by atoms with Crippen molar-refractivity contribution in [1.82, 2.24) is 21.3 Å². The third-order valence-electron chi connectivity index (χ3n) is 5.19. The van der Waals surface area contributed by atoms with Gasteiger partial charge in [-0.05, 0) is 19.3 Å². The van der Waals surface area contributed by atoms with Gasteiger partial charge in [0.05, 0.1) is 27.7 Å². The van der Waals surface area contributed by atoms with Gasteiger partial charge in [0.1, 0.15) is 13.2 Å². The number of phosphoric acid groups is 1. The quantitative estimate of drug-likeness (QED) is 0.0687. The van der Waals surface area contributed by atoms with Crippen molar-refractivity contribution in [1.29, 1.82) is 0 Å². The van der Waals surface area contributed by atoms with Crippen LogP contribution in [0.4, 0.5) is 0 Å². The number of carbonyl (C=O) groups is 4. The molecule has 0 saturated carbocycles. The molecular weight excluding hydrogens is 517 g/mol. The number of amides is 4. The zero-order chi connectivity index (χ0) is 28.9. The molecule has 0 bridgehead atoms. The zero-order valence-electron chi connectivity index (χ0n) is 23.5. The number of rotatable bonds is 23. The molecule has 4 amide bonds. The summed E-state index contributed by atoms with van der Waals surface area (Å²) in [5.74, 6) is -0.816. The maximum Gasteiger partial charge on any atom is 0.472 e. The van der Waals surface area contributed by atoms with Gasteiger partial charge in [0.2, 0.25) is 23.6 Å². The second kappa shape index (κ2) is 20.9. The largest absolute Gasteiger partial charge is 0.472 e. The number of hydrogen-bond donors (Lipinski definition) is 5. The minimum atomic E-state index is -4.06. The Labute approximate surface area is 227 Å². The lowest BCUT2D eigenvalue weighted by molar-refractivity contribution is -0.870. The SMILES string of the molecule is CCCCNC(=O)CCNC(=O)CCNC(=O)CCNC(=O)CCCCCOP(=O)(O)OCC[N+](C)(C)C. The molecule has 0 radical (unpaired) electrons. The fraction of sp³-hybridized carbons (Fsp3) is 0.833. The summed E-state index contributed by atoms with van der Waals surface area (Å²) in [7, 11) is 1.78. The number of nitrogens with one attached hydrogen (secondary N) is 4. The standard InChI is InChI=1S/C24H48N5O8P/c1-5-6-14-25-22(31)11-16-27-24(33)13-17-28-23(32)12-15-26-21(30)10-8-7-9-19-36-38(34,35)37-20-18-29(2,3)4/h5-20H2,1-4H3,(H4-,25,26,27,28,30,31,32,33,34,35)/p+1. The van der Waals surface area contributed by atoms with E-state index in [-0.39, 0.29) is 82.2 Å². The van der Waals surface area contributed by atoms with Crippen LogP contribution in [0.3, 0.4) is 0 Å². The minimum absolute atomic E-state index is 0.0619. The molecule has 14 heteroatoms. The van der Waals surface area contributed by atoms with Crippen LogP contribution in [-0.4, -0.2) is 100 Å². The molecule has 0 spiro atoms. The number of likely N-dealkylation sites (N-methyl/N-ethyl adjacent to an activating group) is 1. The van der Waals surface area contributed by atoms with Crippen LogP contribution in [0.15, 0.2) is 0 Å². The first-order valence-corrected chi connectivity index (χ1v) is 14.8. The third-order valence-corrected chi connectivity index (χ3v) is 6.21. The molecule has 0 aliphatic carbocycles. The summed E-state index contributed by atoms with van der Waals surface area (Å²) in [4.78, 5) is 56.7. The zero-order valence-corrected chi connectivity index (χ0v) is 24.4. The fourth-order valence-electron chi connectivity index (χ4n) is 2.92. The highest BCUT2D eigenvalue weighted by Crippen LogP contribution is 2.43. The van der Waals surface area contributed by atoms with E-state index in [1.807, 2.05) is 28.1 Å². The van der Waals surface area contributed by atoms with Crippen LogP contribution in [0.1, 0.15) is 64.7 Å². The van der Waals surface area contributed by atoms with Crippen molar-refractivity contribution in [3.63, 3.8) is 0 Å². The minimum Gasteiger partial charge on any atom is -0.356 e. The van der Waals surface area contributed by atoms with Gasteiger partial charge >= 0.3 is 7.82 Å². The molecule has 1 unspecified atom stereocenters. The van der Waals surface area contributed by atoms with Crippen LogP contribution < -0.4 is 21.3 Å². The second-order valence-electron chi connectivity index (χ2n) is 9.96. The lowest BCUT2D eigenvalue weighted by Gasteiger charge is -2.24. The van der Waals surface area contributed by atoms with E-state index in [4.69, 9.17) is 9.05 Å². The van der Waals surface area contributed by atoms with Crippen LogP contribution in [-0.2, 0) is 32.8 Å². The van der Waals surface area contributed by atoms with Gasteiger partial charge in [0.25, 0.3) is 0 Å². The van der Waals surface area contributed by atoms with Crippen molar-refractivity contribution in [3.8, 4) is 0 Å². The molecular formula is C24H49N5O8P+. The summed E-state index contributed by atoms with van der Waals surface area (Å²) < 4.78 is 22.3. The molecule has 0 fully saturated rings. The van der Waals surface area contributed by atoms with Crippen molar-refractivity contribution in [2.45, 2.75) is 64.7 Å². The monoisotopic (exact) mass is 566 g/mol. The summed E-state index contributed by atoms with van der Waals surface area (Å²) in [6.07, 6.45) is 4.34. The van der Waals surface area contributed by atoms with Gasteiger partial charge < -0.3 is 30.6 Å². The van der Waals surface area contributed by atoms with E-state index in [1.54, 1.807) is 0 Å². The Balaban J connectivity index is 3.69. The molecule has 0 aromatic heterocycles. The Morgan fingerprint density at radius 3 is 1.58 bits per heavy atom. The topological polar surface area (TPSA) is 172 Å². The van der Waals surface area contributed by atoms with Gasteiger partial charge in [-0.15, -0.1) is 0 Å². The van der Waals surface area contributed by atoms with Gasteiger partial charge in [-0.2, -0.15) is 0 Å². The van der Waals surface area contributed by atoms with Crippen LogP contribution in [0.2, 0.25) is 0 Å². The number of unbranched alkanes of at least 4 members (excludes halogenated alkanes) is 3. The predicted octanol–water partition coefficient (Wildman–Crippen LogP) is 0.822. The third kappa shape index (κ3) is 24.3. The number of nitrogens with zero attached hydrogens (tertiary/aromatic N) is 1. The number of carbonyl (C=O) groups excluding carboxylic acids is 4. The Morgan fingerprint density at radius 1 is 0.658 bits per heavy atom. The van der Waals surface area contributed by atoms with E-state index in [0.29, 0.717) is 36.8 Å². The van der Waals surface area contributed by atoms with Gasteiger partial charge in [0, 0.05) is 51.9 Å². The first-order valence-electron chi connectivity index (χ1n) is 13.3. The normalized spacial score (nSPS) is 12.9. The predicted molar refractivity (Wildman–Crippen MR) is 144 cm³/mol. The van der Waals surface area contributed by atoms with E-state index in [0.717, 1.165) is 12.8 Å². The molecule has 13 nitrogen and oxygen atoms in total. The van der Waals surface area contributed by atoms with Crippen LogP contribution in [0.5, 0.6) is 0 Å². The van der Waals surface area contributed by atoms with E-state index >= 15 is 0 Å². The Hall–Kier alpha value is -2.05. The summed E-state index contributed by atoms with van der Waals surface area (Å²) in [6, 6.07) is 0. The maximum atomic E-state index is 11.9. The van der Waals surface area contributed by atoms with Gasteiger partial charge in [-0.3, -0.25) is 28.2 Å². The average molecular weight is 567 g/mol. The van der Waals surface area contributed by atoms with Gasteiger partial charge in [-0.1, -0.05) is 19.8 Å². The summed E-state index contributed by atoms with van der Waals surface area (Å²) >= 11 is 0. The number of phosphoric ester groups is 1. The molecule has 0 heterocycles. The summed E-state index contributed by atoms with van der Waals surface area (Å²) in [5.41, 5.74) is 0. The first-order chi connectivity index (χ1) is 17.8.